The Labute approximate surface area is 133 Å². The first kappa shape index (κ1) is 17.1. The van der Waals surface area contributed by atoms with E-state index in [0.29, 0.717) is 18.8 Å². The van der Waals surface area contributed by atoms with Gasteiger partial charge in [-0.05, 0) is 44.4 Å². The van der Waals surface area contributed by atoms with E-state index in [9.17, 15) is 9.59 Å². The van der Waals surface area contributed by atoms with Crippen LogP contribution in [0.4, 0.5) is 4.79 Å². The van der Waals surface area contributed by atoms with Crippen LogP contribution in [0, 0.1) is 11.8 Å². The van der Waals surface area contributed by atoms with Crippen LogP contribution in [0.1, 0.15) is 70.6 Å². The molecule has 5 heteroatoms. The van der Waals surface area contributed by atoms with E-state index in [4.69, 9.17) is 5.11 Å². The first-order valence-electron chi connectivity index (χ1n) is 8.92. The number of aliphatic carboxylic acids is 1. The molecule has 0 aromatic heterocycles. The van der Waals surface area contributed by atoms with Crippen molar-refractivity contribution in [2.75, 3.05) is 6.54 Å². The van der Waals surface area contributed by atoms with Gasteiger partial charge in [0, 0.05) is 12.6 Å². The number of hydrogen-bond acceptors (Lipinski definition) is 2. The highest BCUT2D eigenvalue weighted by Crippen LogP contribution is 2.24. The van der Waals surface area contributed by atoms with Crippen molar-refractivity contribution < 1.29 is 14.7 Å². The molecule has 126 valence electrons. The Bertz CT molecular complexity index is 357. The first-order valence-corrected chi connectivity index (χ1v) is 8.92. The fraction of sp³-hybridized carbons (Fsp3) is 0.882. The molecule has 0 bridgehead atoms. The summed E-state index contributed by atoms with van der Waals surface area (Å²) in [5, 5.41) is 15.0. The van der Waals surface area contributed by atoms with Crippen molar-refractivity contribution >= 4 is 12.0 Å². The van der Waals surface area contributed by atoms with Gasteiger partial charge >= 0.3 is 12.0 Å². The van der Waals surface area contributed by atoms with Gasteiger partial charge in [0.15, 0.2) is 0 Å². The van der Waals surface area contributed by atoms with Gasteiger partial charge in [-0.2, -0.15) is 0 Å². The molecule has 0 aromatic carbocycles. The highest BCUT2D eigenvalue weighted by molar-refractivity contribution is 5.74. The molecular formula is C17H30N2O3. The third-order valence-corrected chi connectivity index (χ3v) is 5.19. The second-order valence-electron chi connectivity index (χ2n) is 6.95. The van der Waals surface area contributed by atoms with Crippen LogP contribution < -0.4 is 10.6 Å². The maximum atomic E-state index is 12.0. The molecule has 0 aromatic rings. The summed E-state index contributed by atoms with van der Waals surface area (Å²) in [6.07, 6.45) is 11.9. The standard InChI is InChI=1S/C17H30N2O3/c20-16(21)14-8-10-15(11-9-14)19-17(22)18-12-13-6-4-2-1-3-5-7-13/h13-15H,1-12H2,(H,20,21)(H2,18,19,22). The molecule has 2 rings (SSSR count). The number of carboxylic acids is 1. The summed E-state index contributed by atoms with van der Waals surface area (Å²) in [5.41, 5.74) is 0. The minimum Gasteiger partial charge on any atom is -0.481 e. The maximum Gasteiger partial charge on any atom is 0.315 e. The number of carboxylic acid groups (broad SMARTS) is 1. The van der Waals surface area contributed by atoms with Crippen LogP contribution >= 0.6 is 0 Å². The molecule has 5 nitrogen and oxygen atoms in total. The van der Waals surface area contributed by atoms with Crippen molar-refractivity contribution in [2.45, 2.75) is 76.7 Å². The normalized spacial score (nSPS) is 27.5. The van der Waals surface area contributed by atoms with E-state index in [1.165, 1.54) is 44.9 Å². The van der Waals surface area contributed by atoms with E-state index < -0.39 is 5.97 Å². The van der Waals surface area contributed by atoms with E-state index in [0.717, 1.165) is 19.4 Å². The lowest BCUT2D eigenvalue weighted by molar-refractivity contribution is -0.142. The SMILES string of the molecule is O=C(NCC1CCCCCCC1)NC1CCC(C(=O)O)CC1. The molecule has 2 aliphatic rings. The molecule has 0 unspecified atom stereocenters. The third kappa shape index (κ3) is 5.85. The van der Waals surface area contributed by atoms with Crippen LogP contribution in [0.2, 0.25) is 0 Å². The highest BCUT2D eigenvalue weighted by atomic mass is 16.4. The molecule has 0 atom stereocenters. The quantitative estimate of drug-likeness (QED) is 0.745. The van der Waals surface area contributed by atoms with Crippen LogP contribution in [-0.2, 0) is 4.79 Å². The van der Waals surface area contributed by atoms with Crippen LogP contribution in [0.5, 0.6) is 0 Å². The lowest BCUT2D eigenvalue weighted by Crippen LogP contribution is -2.45. The zero-order valence-electron chi connectivity index (χ0n) is 13.5. The summed E-state index contributed by atoms with van der Waals surface area (Å²) < 4.78 is 0. The summed E-state index contributed by atoms with van der Waals surface area (Å²) in [6, 6.07) is 0.0498. The summed E-state index contributed by atoms with van der Waals surface area (Å²) in [4.78, 5) is 22.9. The number of nitrogens with one attached hydrogen (secondary N) is 2. The molecule has 2 amide bonds. The van der Waals surface area contributed by atoms with Crippen molar-refractivity contribution in [2.24, 2.45) is 11.8 Å². The van der Waals surface area contributed by atoms with Gasteiger partial charge in [-0.1, -0.05) is 32.1 Å². The monoisotopic (exact) mass is 310 g/mol. The van der Waals surface area contributed by atoms with Crippen LogP contribution in [-0.4, -0.2) is 29.7 Å². The highest BCUT2D eigenvalue weighted by Gasteiger charge is 2.26. The number of hydrogen-bond donors (Lipinski definition) is 3. The van der Waals surface area contributed by atoms with E-state index in [-0.39, 0.29) is 18.0 Å². The summed E-state index contributed by atoms with van der Waals surface area (Å²) >= 11 is 0. The van der Waals surface area contributed by atoms with E-state index in [2.05, 4.69) is 10.6 Å². The van der Waals surface area contributed by atoms with Crippen LogP contribution in [0.15, 0.2) is 0 Å². The topological polar surface area (TPSA) is 78.4 Å². The Morgan fingerprint density at radius 3 is 2.05 bits per heavy atom. The van der Waals surface area contributed by atoms with Gasteiger partial charge in [-0.15, -0.1) is 0 Å². The molecule has 0 aliphatic heterocycles. The van der Waals surface area contributed by atoms with E-state index in [1.807, 2.05) is 0 Å². The molecule has 0 spiro atoms. The van der Waals surface area contributed by atoms with Gasteiger partial charge in [0.05, 0.1) is 5.92 Å². The minimum atomic E-state index is -0.702. The van der Waals surface area contributed by atoms with Crippen molar-refractivity contribution in [3.63, 3.8) is 0 Å². The largest absolute Gasteiger partial charge is 0.481 e. The van der Waals surface area contributed by atoms with Gasteiger partial charge in [0.2, 0.25) is 0 Å². The van der Waals surface area contributed by atoms with Gasteiger partial charge in [0.25, 0.3) is 0 Å². The van der Waals surface area contributed by atoms with Gasteiger partial charge in [-0.25, -0.2) is 4.79 Å². The molecule has 2 aliphatic carbocycles. The Morgan fingerprint density at radius 1 is 0.864 bits per heavy atom. The fourth-order valence-electron chi connectivity index (χ4n) is 3.70. The number of urea groups is 1. The van der Waals surface area contributed by atoms with E-state index >= 15 is 0 Å². The van der Waals surface area contributed by atoms with Crippen molar-refractivity contribution in [3.05, 3.63) is 0 Å². The average molecular weight is 310 g/mol. The number of carbonyl (C=O) groups is 2. The summed E-state index contributed by atoms with van der Waals surface area (Å²) in [7, 11) is 0. The zero-order chi connectivity index (χ0) is 15.8. The minimum absolute atomic E-state index is 0.0826. The van der Waals surface area contributed by atoms with Crippen molar-refractivity contribution in [1.29, 1.82) is 0 Å². The van der Waals surface area contributed by atoms with Crippen LogP contribution in [0.25, 0.3) is 0 Å². The van der Waals surface area contributed by atoms with Gasteiger partial charge in [-0.3, -0.25) is 4.79 Å². The molecule has 2 fully saturated rings. The number of amides is 2. The second-order valence-corrected chi connectivity index (χ2v) is 6.95. The zero-order valence-corrected chi connectivity index (χ0v) is 13.5. The predicted octanol–water partition coefficient (Wildman–Crippen LogP) is 3.29. The lowest BCUT2D eigenvalue weighted by atomic mass is 9.86. The first-order chi connectivity index (χ1) is 10.6. The summed E-state index contributed by atoms with van der Waals surface area (Å²) in [6.45, 7) is 0.774. The summed E-state index contributed by atoms with van der Waals surface area (Å²) in [5.74, 6) is -0.308. The Kier molecular flexibility index (Phi) is 7.00. The van der Waals surface area contributed by atoms with Gasteiger partial charge in [0.1, 0.15) is 0 Å². The average Bonchev–Trinajstić information content (AvgIpc) is 2.46. The third-order valence-electron chi connectivity index (χ3n) is 5.19. The van der Waals surface area contributed by atoms with Crippen LogP contribution in [0.3, 0.4) is 0 Å². The number of rotatable bonds is 4. The maximum absolute atomic E-state index is 12.0. The molecule has 2 saturated carbocycles. The Morgan fingerprint density at radius 2 is 1.45 bits per heavy atom. The smallest absolute Gasteiger partial charge is 0.315 e. The molecular weight excluding hydrogens is 280 g/mol. The van der Waals surface area contributed by atoms with E-state index in [1.54, 1.807) is 0 Å². The Hall–Kier alpha value is -1.26. The second kappa shape index (κ2) is 9.01. The molecule has 22 heavy (non-hydrogen) atoms. The molecule has 0 saturated heterocycles. The predicted molar refractivity (Wildman–Crippen MR) is 85.7 cm³/mol. The molecule has 0 radical (unpaired) electrons. The molecule has 3 N–H and O–H groups in total. The van der Waals surface area contributed by atoms with Gasteiger partial charge < -0.3 is 15.7 Å². The van der Waals surface area contributed by atoms with Crippen molar-refractivity contribution in [3.8, 4) is 0 Å². The molecule has 0 heterocycles. The lowest BCUT2D eigenvalue weighted by Gasteiger charge is -2.27. The fourth-order valence-corrected chi connectivity index (χ4v) is 3.70. The van der Waals surface area contributed by atoms with Crippen molar-refractivity contribution in [1.82, 2.24) is 10.6 Å². The number of carbonyl (C=O) groups excluding carboxylic acids is 1. The Balaban J connectivity index is 1.62.